The second-order valence-electron chi connectivity index (χ2n) is 11.4. The van der Waals surface area contributed by atoms with E-state index in [1.807, 2.05) is 0 Å². The molecule has 0 amide bonds. The van der Waals surface area contributed by atoms with Gasteiger partial charge in [-0.25, -0.2) is 0 Å². The molecule has 0 saturated heterocycles. The zero-order chi connectivity index (χ0) is 20.3. The van der Waals surface area contributed by atoms with E-state index in [1.165, 1.54) is 25.7 Å². The smallest absolute Gasteiger partial charge is 0.303 e. The molecule has 4 aliphatic carbocycles. The van der Waals surface area contributed by atoms with Gasteiger partial charge in [0.25, 0.3) is 0 Å². The fourth-order valence-corrected chi connectivity index (χ4v) is 8.73. The van der Waals surface area contributed by atoms with Gasteiger partial charge in [0.2, 0.25) is 0 Å². The summed E-state index contributed by atoms with van der Waals surface area (Å²) in [6.45, 7) is 7.16. The number of aliphatic carboxylic acids is 1. The van der Waals surface area contributed by atoms with Gasteiger partial charge in [-0.2, -0.15) is 0 Å². The molecular formula is C24H40O4. The number of hydrogen-bond acceptors (Lipinski definition) is 3. The molecule has 6 unspecified atom stereocenters. The maximum Gasteiger partial charge on any atom is 0.303 e. The molecule has 0 heterocycles. The third-order valence-electron chi connectivity index (χ3n) is 10.2. The van der Waals surface area contributed by atoms with Crippen molar-refractivity contribution in [3.8, 4) is 0 Å². The summed E-state index contributed by atoms with van der Waals surface area (Å²) in [4.78, 5) is 11.1. The van der Waals surface area contributed by atoms with Gasteiger partial charge >= 0.3 is 5.97 Å². The SMILES string of the molecule is CC(CCC(=O)O)[C@H]1CC[C@H]2[C@@H]3C(O)C[C@@H]4CC(O)CCC4(C)C3CCC12C. The Morgan fingerprint density at radius 2 is 1.68 bits per heavy atom. The van der Waals surface area contributed by atoms with E-state index >= 15 is 0 Å². The largest absolute Gasteiger partial charge is 0.481 e. The first-order chi connectivity index (χ1) is 13.2. The molecule has 3 N–H and O–H groups in total. The Labute approximate surface area is 170 Å². The minimum absolute atomic E-state index is 0.179. The molecule has 4 rings (SSSR count). The quantitative estimate of drug-likeness (QED) is 0.659. The number of hydrogen-bond donors (Lipinski definition) is 3. The van der Waals surface area contributed by atoms with Crippen LogP contribution in [-0.2, 0) is 4.79 Å². The van der Waals surface area contributed by atoms with Crippen molar-refractivity contribution in [3.63, 3.8) is 0 Å². The number of carboxylic acids is 1. The molecule has 0 aromatic heterocycles. The van der Waals surface area contributed by atoms with E-state index in [-0.39, 0.29) is 29.5 Å². The molecule has 4 nitrogen and oxygen atoms in total. The van der Waals surface area contributed by atoms with Gasteiger partial charge in [-0.1, -0.05) is 20.8 Å². The minimum Gasteiger partial charge on any atom is -0.481 e. The van der Waals surface area contributed by atoms with E-state index in [9.17, 15) is 15.0 Å². The van der Waals surface area contributed by atoms with Crippen LogP contribution in [0, 0.1) is 46.3 Å². The summed E-state index contributed by atoms with van der Waals surface area (Å²) < 4.78 is 0. The summed E-state index contributed by atoms with van der Waals surface area (Å²) >= 11 is 0. The summed E-state index contributed by atoms with van der Waals surface area (Å²) in [7, 11) is 0. The topological polar surface area (TPSA) is 77.8 Å². The molecule has 28 heavy (non-hydrogen) atoms. The molecule has 4 fully saturated rings. The molecule has 4 heteroatoms. The van der Waals surface area contributed by atoms with Gasteiger partial charge in [0.05, 0.1) is 12.2 Å². The summed E-state index contributed by atoms with van der Waals surface area (Å²) in [6.07, 6.45) is 9.19. The lowest BCUT2D eigenvalue weighted by Crippen LogP contribution is -2.58. The fraction of sp³-hybridized carbons (Fsp3) is 0.958. The van der Waals surface area contributed by atoms with E-state index in [1.54, 1.807) is 0 Å². The maximum absolute atomic E-state index is 11.2. The number of aliphatic hydroxyl groups is 2. The van der Waals surface area contributed by atoms with Crippen LogP contribution in [0.3, 0.4) is 0 Å². The second kappa shape index (κ2) is 7.27. The predicted octanol–water partition coefficient (Wildman–Crippen LogP) is 4.48. The first-order valence-corrected chi connectivity index (χ1v) is 11.7. The summed E-state index contributed by atoms with van der Waals surface area (Å²) in [5.41, 5.74) is 0.523. The van der Waals surface area contributed by atoms with Crippen LogP contribution in [0.4, 0.5) is 0 Å². The van der Waals surface area contributed by atoms with Crippen LogP contribution in [-0.4, -0.2) is 33.5 Å². The second-order valence-corrected chi connectivity index (χ2v) is 11.4. The fourth-order valence-electron chi connectivity index (χ4n) is 8.73. The number of carboxylic acid groups (broad SMARTS) is 1. The van der Waals surface area contributed by atoms with Crippen LogP contribution >= 0.6 is 0 Å². The van der Waals surface area contributed by atoms with Crippen LogP contribution in [0.2, 0.25) is 0 Å². The average molecular weight is 393 g/mol. The standard InChI is InChI=1S/C24H40O4/c1-14(4-7-21(27)28)17-5-6-18-22-19(9-11-24(17,18)3)23(2)10-8-16(25)12-15(23)13-20(22)26/h14-20,22,25-26H,4-13H2,1-3H3,(H,27,28)/t14?,15-,16?,17+,18-,19?,20?,22-,23?,24?/m0/s1. The molecule has 0 radical (unpaired) electrons. The van der Waals surface area contributed by atoms with Gasteiger partial charge in [0, 0.05) is 6.42 Å². The highest BCUT2D eigenvalue weighted by atomic mass is 16.4. The van der Waals surface area contributed by atoms with Crippen molar-refractivity contribution in [3.05, 3.63) is 0 Å². The molecule has 10 atom stereocenters. The Hall–Kier alpha value is -0.610. The molecule has 4 aliphatic rings. The van der Waals surface area contributed by atoms with Gasteiger partial charge < -0.3 is 15.3 Å². The summed E-state index contributed by atoms with van der Waals surface area (Å²) in [5.74, 6) is 2.36. The highest BCUT2D eigenvalue weighted by Crippen LogP contribution is 2.68. The molecule has 0 spiro atoms. The molecule has 0 aliphatic heterocycles. The lowest BCUT2D eigenvalue weighted by Gasteiger charge is -2.62. The molecule has 0 aromatic carbocycles. The van der Waals surface area contributed by atoms with Gasteiger partial charge in [-0.15, -0.1) is 0 Å². The first kappa shape index (κ1) is 20.7. The van der Waals surface area contributed by atoms with Crippen molar-refractivity contribution in [1.29, 1.82) is 0 Å². The first-order valence-electron chi connectivity index (χ1n) is 11.7. The third kappa shape index (κ3) is 3.14. The number of fused-ring (bicyclic) bond motifs is 5. The third-order valence-corrected chi connectivity index (χ3v) is 10.2. The van der Waals surface area contributed by atoms with Gasteiger partial charge in [-0.3, -0.25) is 4.79 Å². The van der Waals surface area contributed by atoms with E-state index in [2.05, 4.69) is 20.8 Å². The summed E-state index contributed by atoms with van der Waals surface area (Å²) in [6, 6.07) is 0. The van der Waals surface area contributed by atoms with E-state index < -0.39 is 5.97 Å². The Bertz CT molecular complexity index is 605. The van der Waals surface area contributed by atoms with Crippen molar-refractivity contribution in [2.24, 2.45) is 46.3 Å². The monoisotopic (exact) mass is 392 g/mol. The zero-order valence-electron chi connectivity index (χ0n) is 17.9. The molecule has 4 saturated carbocycles. The number of carbonyl (C=O) groups is 1. The number of aliphatic hydroxyl groups excluding tert-OH is 2. The van der Waals surface area contributed by atoms with Crippen LogP contribution < -0.4 is 0 Å². The Kier molecular flexibility index (Phi) is 5.36. The highest BCUT2D eigenvalue weighted by Gasteiger charge is 2.62. The van der Waals surface area contributed by atoms with Crippen LogP contribution in [0.25, 0.3) is 0 Å². The zero-order valence-corrected chi connectivity index (χ0v) is 17.9. The van der Waals surface area contributed by atoms with Crippen LogP contribution in [0.1, 0.15) is 85.0 Å². The van der Waals surface area contributed by atoms with Gasteiger partial charge in [0.1, 0.15) is 0 Å². The van der Waals surface area contributed by atoms with Crippen molar-refractivity contribution >= 4 is 5.97 Å². The van der Waals surface area contributed by atoms with Gasteiger partial charge in [-0.05, 0) is 104 Å². The van der Waals surface area contributed by atoms with E-state index in [4.69, 9.17) is 5.11 Å². The van der Waals surface area contributed by atoms with Crippen molar-refractivity contribution < 1.29 is 20.1 Å². The Morgan fingerprint density at radius 1 is 1.00 bits per heavy atom. The molecular weight excluding hydrogens is 352 g/mol. The maximum atomic E-state index is 11.2. The van der Waals surface area contributed by atoms with E-state index in [0.29, 0.717) is 35.5 Å². The predicted molar refractivity (Wildman–Crippen MR) is 109 cm³/mol. The van der Waals surface area contributed by atoms with Crippen LogP contribution in [0.5, 0.6) is 0 Å². The highest BCUT2D eigenvalue weighted by molar-refractivity contribution is 5.66. The van der Waals surface area contributed by atoms with Crippen molar-refractivity contribution in [2.75, 3.05) is 0 Å². The Morgan fingerprint density at radius 3 is 2.39 bits per heavy atom. The van der Waals surface area contributed by atoms with Crippen LogP contribution in [0.15, 0.2) is 0 Å². The summed E-state index contributed by atoms with van der Waals surface area (Å²) in [5, 5.41) is 30.5. The van der Waals surface area contributed by atoms with Crippen molar-refractivity contribution in [2.45, 2.75) is 97.2 Å². The average Bonchev–Trinajstić information content (AvgIpc) is 2.98. The minimum atomic E-state index is -0.684. The normalized spacial score (nSPS) is 51.7. The van der Waals surface area contributed by atoms with Gasteiger partial charge in [0.15, 0.2) is 0 Å². The Balaban J connectivity index is 1.55. The molecule has 160 valence electrons. The lowest BCUT2D eigenvalue weighted by molar-refractivity contribution is -0.174. The molecule has 0 bridgehead atoms. The molecule has 0 aromatic rings. The lowest BCUT2D eigenvalue weighted by atomic mass is 9.43. The van der Waals surface area contributed by atoms with E-state index in [0.717, 1.165) is 32.1 Å². The number of rotatable bonds is 4. The van der Waals surface area contributed by atoms with Crippen molar-refractivity contribution in [1.82, 2.24) is 0 Å².